The highest BCUT2D eigenvalue weighted by molar-refractivity contribution is 6.31. The molecule has 0 saturated heterocycles. The summed E-state index contributed by atoms with van der Waals surface area (Å²) in [5.41, 5.74) is -0.318. The fourth-order valence-corrected chi connectivity index (χ4v) is 3.21. The predicted octanol–water partition coefficient (Wildman–Crippen LogP) is 4.15. The first-order valence-corrected chi connectivity index (χ1v) is 9.58. The van der Waals surface area contributed by atoms with Crippen molar-refractivity contribution >= 4 is 40.0 Å². The number of benzene rings is 1. The summed E-state index contributed by atoms with van der Waals surface area (Å²) in [5, 5.41) is 1.02. The molecule has 0 fully saturated rings. The molecule has 1 atom stereocenters. The quantitative estimate of drug-likeness (QED) is 0.687. The van der Waals surface area contributed by atoms with Crippen molar-refractivity contribution in [2.24, 2.45) is 12.5 Å². The van der Waals surface area contributed by atoms with E-state index < -0.39 is 5.41 Å². The van der Waals surface area contributed by atoms with E-state index in [1.807, 2.05) is 27.7 Å². The second-order valence-electron chi connectivity index (χ2n) is 7.19. The van der Waals surface area contributed by atoms with Crippen LogP contribution in [0.25, 0.3) is 10.9 Å². The van der Waals surface area contributed by atoms with Crippen LogP contribution in [0, 0.1) is 5.41 Å². The molecule has 0 bridgehead atoms. The number of carbonyl (C=O) groups is 1. The van der Waals surface area contributed by atoms with Crippen LogP contribution >= 0.6 is 23.2 Å². The molecule has 7 heteroatoms. The molecule has 0 radical (unpaired) electrons. The van der Waals surface area contributed by atoms with E-state index >= 15 is 0 Å². The molecule has 0 aliphatic heterocycles. The van der Waals surface area contributed by atoms with Gasteiger partial charge >= 0.3 is 0 Å². The molecule has 1 heterocycles. The van der Waals surface area contributed by atoms with E-state index in [0.717, 1.165) is 6.42 Å². The van der Waals surface area contributed by atoms with E-state index in [-0.39, 0.29) is 23.4 Å². The number of hydrogen-bond donors (Lipinski definition) is 0. The summed E-state index contributed by atoms with van der Waals surface area (Å²) >= 11 is 12.1. The van der Waals surface area contributed by atoms with Gasteiger partial charge in [0.05, 0.1) is 22.4 Å². The van der Waals surface area contributed by atoms with E-state index in [9.17, 15) is 9.59 Å². The van der Waals surface area contributed by atoms with Crippen LogP contribution in [-0.2, 0) is 11.8 Å². The Hall–Kier alpha value is -1.59. The lowest BCUT2D eigenvalue weighted by Crippen LogP contribution is -2.45. The van der Waals surface area contributed by atoms with Gasteiger partial charge in [-0.25, -0.2) is 4.98 Å². The molecule has 0 spiro atoms. The van der Waals surface area contributed by atoms with Crippen molar-refractivity contribution in [3.63, 3.8) is 0 Å². The zero-order valence-corrected chi connectivity index (χ0v) is 17.4. The second-order valence-corrected chi connectivity index (χ2v) is 7.89. The number of carbonyl (C=O) groups excluding carboxylic acids is 1. The van der Waals surface area contributed by atoms with Crippen molar-refractivity contribution in [2.75, 3.05) is 12.4 Å². The molecule has 1 amide bonds. The van der Waals surface area contributed by atoms with E-state index in [1.54, 1.807) is 30.1 Å². The molecule has 142 valence electrons. The standard InChI is InChI=1S/C19H25Cl2N3O2/c1-6-9-24(18(26)19(3,4)11-20)12(2)16-22-15-10-13(21)7-8-14(15)17(25)23(16)5/h7-8,10,12H,6,9,11H2,1-5H3. The number of alkyl halides is 1. The van der Waals surface area contributed by atoms with Crippen LogP contribution in [0.15, 0.2) is 23.0 Å². The number of amides is 1. The maximum atomic E-state index is 13.0. The minimum Gasteiger partial charge on any atom is -0.332 e. The van der Waals surface area contributed by atoms with Gasteiger partial charge in [-0.1, -0.05) is 18.5 Å². The monoisotopic (exact) mass is 397 g/mol. The number of hydrogen-bond acceptors (Lipinski definition) is 3. The minimum atomic E-state index is -0.690. The smallest absolute Gasteiger partial charge is 0.261 e. The molecule has 0 saturated carbocycles. The molecular weight excluding hydrogens is 373 g/mol. The van der Waals surface area contributed by atoms with Gasteiger partial charge in [0, 0.05) is 24.5 Å². The summed E-state index contributed by atoms with van der Waals surface area (Å²) in [7, 11) is 1.68. The Bertz CT molecular complexity index is 877. The molecule has 5 nitrogen and oxygen atoms in total. The lowest BCUT2D eigenvalue weighted by Gasteiger charge is -2.35. The van der Waals surface area contributed by atoms with Crippen LogP contribution in [0.3, 0.4) is 0 Å². The summed E-state index contributed by atoms with van der Waals surface area (Å²) in [6.45, 7) is 8.10. The maximum absolute atomic E-state index is 13.0. The van der Waals surface area contributed by atoms with Crippen molar-refractivity contribution in [1.82, 2.24) is 14.5 Å². The lowest BCUT2D eigenvalue weighted by molar-refractivity contribution is -0.141. The Kier molecular flexibility index (Phi) is 6.35. The van der Waals surface area contributed by atoms with Gasteiger partial charge in [0.1, 0.15) is 5.82 Å². The first-order chi connectivity index (χ1) is 12.1. The molecule has 1 aromatic carbocycles. The normalized spacial score (nSPS) is 13.0. The van der Waals surface area contributed by atoms with Crippen LogP contribution < -0.4 is 5.56 Å². The highest BCUT2D eigenvalue weighted by atomic mass is 35.5. The average molecular weight is 398 g/mol. The third-order valence-corrected chi connectivity index (χ3v) is 5.46. The van der Waals surface area contributed by atoms with E-state index in [4.69, 9.17) is 23.2 Å². The first-order valence-electron chi connectivity index (χ1n) is 8.67. The Labute approximate surface area is 163 Å². The summed E-state index contributed by atoms with van der Waals surface area (Å²) in [6, 6.07) is 4.65. The summed E-state index contributed by atoms with van der Waals surface area (Å²) in [4.78, 5) is 32.1. The molecule has 0 N–H and O–H groups in total. The fourth-order valence-electron chi connectivity index (χ4n) is 2.93. The molecular formula is C19H25Cl2N3O2. The van der Waals surface area contributed by atoms with Crippen LogP contribution in [0.1, 0.15) is 46.0 Å². The maximum Gasteiger partial charge on any atom is 0.261 e. The van der Waals surface area contributed by atoms with Crippen LogP contribution in [-0.4, -0.2) is 32.8 Å². The molecule has 1 unspecified atom stereocenters. The lowest BCUT2D eigenvalue weighted by atomic mass is 9.93. The molecule has 2 aromatic rings. The highest BCUT2D eigenvalue weighted by Gasteiger charge is 2.34. The minimum absolute atomic E-state index is 0.0534. The molecule has 1 aromatic heterocycles. The second kappa shape index (κ2) is 7.97. The predicted molar refractivity (Wildman–Crippen MR) is 107 cm³/mol. The Morgan fingerprint density at radius 3 is 2.62 bits per heavy atom. The van der Waals surface area contributed by atoms with Crippen molar-refractivity contribution < 1.29 is 4.79 Å². The first kappa shape index (κ1) is 20.7. The third-order valence-electron chi connectivity index (χ3n) is 4.55. The topological polar surface area (TPSA) is 55.2 Å². The fraction of sp³-hybridized carbons (Fsp3) is 0.526. The van der Waals surface area contributed by atoms with Gasteiger partial charge in [-0.2, -0.15) is 0 Å². The van der Waals surface area contributed by atoms with Crippen LogP contribution in [0.4, 0.5) is 0 Å². The number of nitrogens with zero attached hydrogens (tertiary/aromatic N) is 3. The van der Waals surface area contributed by atoms with E-state index in [0.29, 0.717) is 28.3 Å². The van der Waals surface area contributed by atoms with Gasteiger partial charge in [0.25, 0.3) is 5.56 Å². The van der Waals surface area contributed by atoms with Crippen LogP contribution in [0.5, 0.6) is 0 Å². The Morgan fingerprint density at radius 1 is 1.38 bits per heavy atom. The van der Waals surface area contributed by atoms with Gasteiger partial charge in [0.15, 0.2) is 0 Å². The van der Waals surface area contributed by atoms with Crippen molar-refractivity contribution in [3.05, 3.63) is 39.4 Å². The van der Waals surface area contributed by atoms with Crippen molar-refractivity contribution in [3.8, 4) is 0 Å². The Morgan fingerprint density at radius 2 is 2.04 bits per heavy atom. The summed E-state index contributed by atoms with van der Waals surface area (Å²) in [6.07, 6.45) is 0.793. The van der Waals surface area contributed by atoms with Crippen molar-refractivity contribution in [1.29, 1.82) is 0 Å². The summed E-state index contributed by atoms with van der Waals surface area (Å²) < 4.78 is 1.50. The van der Waals surface area contributed by atoms with Gasteiger partial charge in [0.2, 0.25) is 5.91 Å². The largest absolute Gasteiger partial charge is 0.332 e. The molecule has 2 rings (SSSR count). The van der Waals surface area contributed by atoms with Gasteiger partial charge in [-0.05, 0) is 45.4 Å². The SMILES string of the molecule is CCCN(C(=O)C(C)(C)CCl)C(C)c1nc2cc(Cl)ccc2c(=O)n1C. The van der Waals surface area contributed by atoms with E-state index in [2.05, 4.69) is 4.98 Å². The summed E-state index contributed by atoms with van der Waals surface area (Å²) in [5.74, 6) is 0.692. The molecule has 26 heavy (non-hydrogen) atoms. The highest BCUT2D eigenvalue weighted by Crippen LogP contribution is 2.28. The number of fused-ring (bicyclic) bond motifs is 1. The van der Waals surface area contributed by atoms with Crippen LogP contribution in [0.2, 0.25) is 5.02 Å². The Balaban J connectivity index is 2.58. The third kappa shape index (κ3) is 3.89. The van der Waals surface area contributed by atoms with E-state index in [1.165, 1.54) is 4.57 Å². The molecule has 0 aliphatic carbocycles. The van der Waals surface area contributed by atoms with Gasteiger partial charge in [-0.3, -0.25) is 14.2 Å². The van der Waals surface area contributed by atoms with Crippen molar-refractivity contribution in [2.45, 2.75) is 40.2 Å². The average Bonchev–Trinajstić information content (AvgIpc) is 2.61. The van der Waals surface area contributed by atoms with Gasteiger partial charge in [-0.15, -0.1) is 11.6 Å². The molecule has 0 aliphatic rings. The number of halogens is 2. The van der Waals surface area contributed by atoms with Gasteiger partial charge < -0.3 is 4.90 Å². The number of rotatable bonds is 6. The zero-order valence-electron chi connectivity index (χ0n) is 15.8. The number of aromatic nitrogens is 2. The zero-order chi connectivity index (χ0) is 19.6.